The Morgan fingerprint density at radius 2 is 2.03 bits per heavy atom. The second kappa shape index (κ2) is 11.3. The molecule has 1 aromatic carbocycles. The van der Waals surface area contributed by atoms with Crippen LogP contribution in [0.1, 0.15) is 56.3 Å². The standard InChI is InChI=1S/C25H36N6O2/c1-17(2)13-20(15-26)27-25(33)21-7-5-6-8-23(21)28-24(32)18-9-10-22-19(14-18)16-31(29-22)12-11-30(3)4/h9-10,14,16-17,20-21,23H,5-8,11-13H2,1-4H3,(H,27,33)(H,28,32). The lowest BCUT2D eigenvalue weighted by Crippen LogP contribution is -2.50. The molecule has 33 heavy (non-hydrogen) atoms. The summed E-state index contributed by atoms with van der Waals surface area (Å²) in [4.78, 5) is 28.1. The minimum Gasteiger partial charge on any atom is -0.349 e. The van der Waals surface area contributed by atoms with E-state index in [-0.39, 0.29) is 23.8 Å². The Morgan fingerprint density at radius 3 is 2.73 bits per heavy atom. The van der Waals surface area contributed by atoms with E-state index in [4.69, 9.17) is 0 Å². The molecular formula is C25H36N6O2. The molecule has 8 heteroatoms. The van der Waals surface area contributed by atoms with Crippen molar-refractivity contribution in [3.63, 3.8) is 0 Å². The summed E-state index contributed by atoms with van der Waals surface area (Å²) in [6.07, 6.45) is 5.98. The minimum atomic E-state index is -0.498. The van der Waals surface area contributed by atoms with Gasteiger partial charge < -0.3 is 15.5 Å². The fourth-order valence-electron chi connectivity index (χ4n) is 4.40. The Hall–Kier alpha value is -2.92. The van der Waals surface area contributed by atoms with E-state index in [2.05, 4.69) is 26.7 Å². The molecule has 1 fully saturated rings. The largest absolute Gasteiger partial charge is 0.349 e. The SMILES string of the molecule is CC(C)CC(C#N)NC(=O)C1CCCCC1NC(=O)c1ccc2nn(CCN(C)C)cc2c1. The molecule has 3 rings (SSSR count). The number of nitriles is 1. The van der Waals surface area contributed by atoms with Gasteiger partial charge in [-0.25, -0.2) is 0 Å². The molecule has 0 spiro atoms. The summed E-state index contributed by atoms with van der Waals surface area (Å²) in [5.74, 6) is -0.311. The van der Waals surface area contributed by atoms with Crippen molar-refractivity contribution in [2.24, 2.45) is 11.8 Å². The van der Waals surface area contributed by atoms with Crippen LogP contribution < -0.4 is 10.6 Å². The van der Waals surface area contributed by atoms with Gasteiger partial charge in [0.25, 0.3) is 5.91 Å². The molecule has 0 radical (unpaired) electrons. The molecule has 0 saturated heterocycles. The summed E-state index contributed by atoms with van der Waals surface area (Å²) < 4.78 is 1.90. The summed E-state index contributed by atoms with van der Waals surface area (Å²) in [6.45, 7) is 5.73. The van der Waals surface area contributed by atoms with Gasteiger partial charge in [-0.3, -0.25) is 14.3 Å². The third kappa shape index (κ3) is 6.78. The Bertz CT molecular complexity index is 1010. The predicted molar refractivity (Wildman–Crippen MR) is 128 cm³/mol. The van der Waals surface area contributed by atoms with Crippen molar-refractivity contribution in [2.45, 2.75) is 64.6 Å². The van der Waals surface area contributed by atoms with Gasteiger partial charge in [0.15, 0.2) is 0 Å². The van der Waals surface area contributed by atoms with Crippen molar-refractivity contribution in [3.8, 4) is 6.07 Å². The molecule has 1 aliphatic carbocycles. The van der Waals surface area contributed by atoms with E-state index >= 15 is 0 Å². The summed E-state index contributed by atoms with van der Waals surface area (Å²) in [5.41, 5.74) is 1.42. The number of nitrogens with zero attached hydrogens (tertiary/aromatic N) is 4. The average molecular weight is 453 g/mol. The average Bonchev–Trinajstić information content (AvgIpc) is 3.19. The zero-order chi connectivity index (χ0) is 24.0. The van der Waals surface area contributed by atoms with Gasteiger partial charge in [0.05, 0.1) is 24.0 Å². The van der Waals surface area contributed by atoms with E-state index in [0.717, 1.165) is 43.3 Å². The fraction of sp³-hybridized carbons (Fsp3) is 0.600. The van der Waals surface area contributed by atoms with Crippen LogP contribution in [0.2, 0.25) is 0 Å². The van der Waals surface area contributed by atoms with Crippen molar-refractivity contribution in [2.75, 3.05) is 20.6 Å². The Labute approximate surface area is 196 Å². The van der Waals surface area contributed by atoms with Gasteiger partial charge in [0, 0.05) is 29.7 Å². The number of hydrogen-bond acceptors (Lipinski definition) is 5. The highest BCUT2D eigenvalue weighted by molar-refractivity contribution is 5.98. The maximum Gasteiger partial charge on any atom is 0.251 e. The van der Waals surface area contributed by atoms with Crippen LogP contribution in [0.3, 0.4) is 0 Å². The first-order valence-corrected chi connectivity index (χ1v) is 11.9. The highest BCUT2D eigenvalue weighted by atomic mass is 16.2. The lowest BCUT2D eigenvalue weighted by atomic mass is 9.83. The summed E-state index contributed by atoms with van der Waals surface area (Å²) in [5, 5.41) is 20.9. The van der Waals surface area contributed by atoms with Gasteiger partial charge in [-0.1, -0.05) is 26.7 Å². The smallest absolute Gasteiger partial charge is 0.251 e. The number of carbonyl (C=O) groups is 2. The van der Waals surface area contributed by atoms with Crippen molar-refractivity contribution in [1.82, 2.24) is 25.3 Å². The number of likely N-dealkylation sites (N-methyl/N-ethyl adjacent to an activating group) is 1. The first-order valence-electron chi connectivity index (χ1n) is 11.9. The maximum absolute atomic E-state index is 13.0. The van der Waals surface area contributed by atoms with Crippen LogP contribution in [-0.4, -0.2) is 59.2 Å². The first-order chi connectivity index (χ1) is 15.8. The molecule has 2 N–H and O–H groups in total. The van der Waals surface area contributed by atoms with Gasteiger partial charge in [-0.2, -0.15) is 10.4 Å². The van der Waals surface area contributed by atoms with Crippen LogP contribution in [0.15, 0.2) is 24.4 Å². The van der Waals surface area contributed by atoms with Crippen LogP contribution in [0.5, 0.6) is 0 Å². The lowest BCUT2D eigenvalue weighted by Gasteiger charge is -2.32. The molecule has 1 saturated carbocycles. The van der Waals surface area contributed by atoms with Crippen LogP contribution in [0.25, 0.3) is 10.9 Å². The van der Waals surface area contributed by atoms with Crippen molar-refractivity contribution >= 4 is 22.7 Å². The number of nitrogens with one attached hydrogen (secondary N) is 2. The molecule has 178 valence electrons. The topological polar surface area (TPSA) is 103 Å². The van der Waals surface area contributed by atoms with Crippen LogP contribution >= 0.6 is 0 Å². The number of fused-ring (bicyclic) bond motifs is 1. The molecule has 1 aromatic heterocycles. The number of rotatable bonds is 9. The molecule has 3 unspecified atom stereocenters. The van der Waals surface area contributed by atoms with Crippen molar-refractivity contribution < 1.29 is 9.59 Å². The molecule has 0 aliphatic heterocycles. The zero-order valence-corrected chi connectivity index (χ0v) is 20.2. The summed E-state index contributed by atoms with van der Waals surface area (Å²) >= 11 is 0. The van der Waals surface area contributed by atoms with Gasteiger partial charge in [-0.15, -0.1) is 0 Å². The van der Waals surface area contributed by atoms with Crippen LogP contribution in [0.4, 0.5) is 0 Å². The second-order valence-corrected chi connectivity index (χ2v) is 9.76. The van der Waals surface area contributed by atoms with E-state index in [1.807, 2.05) is 51.0 Å². The molecular weight excluding hydrogens is 416 g/mol. The predicted octanol–water partition coefficient (Wildman–Crippen LogP) is 2.94. The number of amides is 2. The number of benzene rings is 1. The van der Waals surface area contributed by atoms with Crippen molar-refractivity contribution in [3.05, 3.63) is 30.0 Å². The number of hydrogen-bond donors (Lipinski definition) is 2. The Balaban J connectivity index is 1.67. The van der Waals surface area contributed by atoms with Gasteiger partial charge in [0.1, 0.15) is 6.04 Å². The molecule has 1 heterocycles. The third-order valence-electron chi connectivity index (χ3n) is 6.19. The van der Waals surface area contributed by atoms with E-state index in [1.54, 1.807) is 6.07 Å². The van der Waals surface area contributed by atoms with E-state index in [1.165, 1.54) is 0 Å². The Kier molecular flexibility index (Phi) is 8.45. The number of aromatic nitrogens is 2. The van der Waals surface area contributed by atoms with E-state index < -0.39 is 6.04 Å². The fourth-order valence-corrected chi connectivity index (χ4v) is 4.40. The molecule has 2 aromatic rings. The maximum atomic E-state index is 13.0. The lowest BCUT2D eigenvalue weighted by molar-refractivity contribution is -0.127. The minimum absolute atomic E-state index is 0.134. The first kappa shape index (κ1) is 24.7. The number of carbonyl (C=O) groups excluding carboxylic acids is 2. The molecule has 8 nitrogen and oxygen atoms in total. The zero-order valence-electron chi connectivity index (χ0n) is 20.2. The Morgan fingerprint density at radius 1 is 1.27 bits per heavy atom. The van der Waals surface area contributed by atoms with Gasteiger partial charge in [-0.05, 0) is 57.5 Å². The van der Waals surface area contributed by atoms with Crippen molar-refractivity contribution in [1.29, 1.82) is 5.26 Å². The van der Waals surface area contributed by atoms with Gasteiger partial charge >= 0.3 is 0 Å². The van der Waals surface area contributed by atoms with Crippen LogP contribution in [-0.2, 0) is 11.3 Å². The molecule has 2 amide bonds. The highest BCUT2D eigenvalue weighted by Gasteiger charge is 2.33. The monoisotopic (exact) mass is 452 g/mol. The highest BCUT2D eigenvalue weighted by Crippen LogP contribution is 2.26. The summed E-state index contributed by atoms with van der Waals surface area (Å²) in [7, 11) is 4.05. The molecule has 1 aliphatic rings. The quantitative estimate of drug-likeness (QED) is 0.609. The normalized spacial score (nSPS) is 19.4. The molecule has 0 bridgehead atoms. The van der Waals surface area contributed by atoms with E-state index in [0.29, 0.717) is 24.3 Å². The van der Waals surface area contributed by atoms with Crippen LogP contribution in [0, 0.1) is 23.2 Å². The van der Waals surface area contributed by atoms with Gasteiger partial charge in [0.2, 0.25) is 5.91 Å². The van der Waals surface area contributed by atoms with E-state index in [9.17, 15) is 14.9 Å². The third-order valence-corrected chi connectivity index (χ3v) is 6.19. The second-order valence-electron chi connectivity index (χ2n) is 9.76. The molecule has 3 atom stereocenters. The summed E-state index contributed by atoms with van der Waals surface area (Å²) in [6, 6.07) is 6.97.